The monoisotopic (exact) mass is 450 g/mol. The van der Waals surface area contributed by atoms with E-state index in [1.165, 1.54) is 5.56 Å². The number of hydrogen-bond donors (Lipinski definition) is 0. The third-order valence-electron chi connectivity index (χ3n) is 5.61. The fourth-order valence-electron chi connectivity index (χ4n) is 3.75. The molecule has 7 nitrogen and oxygen atoms in total. The Hall–Kier alpha value is -1.67. The van der Waals surface area contributed by atoms with Gasteiger partial charge in [0.15, 0.2) is 0 Å². The van der Waals surface area contributed by atoms with Crippen molar-refractivity contribution in [2.24, 2.45) is 5.92 Å². The molecule has 8 heteroatoms. The van der Waals surface area contributed by atoms with Gasteiger partial charge in [0, 0.05) is 56.7 Å². The summed E-state index contributed by atoms with van der Waals surface area (Å²) in [5.41, 5.74) is 4.42. The van der Waals surface area contributed by atoms with Gasteiger partial charge >= 0.3 is 0 Å². The molecule has 1 saturated heterocycles. The second-order valence-corrected chi connectivity index (χ2v) is 8.56. The maximum atomic E-state index is 12.9. The molecule has 28 heavy (non-hydrogen) atoms. The molecule has 0 saturated carbocycles. The number of rotatable bonds is 6. The van der Waals surface area contributed by atoms with Crippen LogP contribution in [0.2, 0.25) is 0 Å². The van der Waals surface area contributed by atoms with Gasteiger partial charge < -0.3 is 4.90 Å². The summed E-state index contributed by atoms with van der Waals surface area (Å²) in [6, 6.07) is 0. The molecule has 1 aliphatic rings. The van der Waals surface area contributed by atoms with Crippen LogP contribution < -0.4 is 0 Å². The number of aryl methyl sites for hydroxylation is 3. The van der Waals surface area contributed by atoms with Gasteiger partial charge in [-0.25, -0.2) is 0 Å². The van der Waals surface area contributed by atoms with Gasteiger partial charge in [0.25, 0.3) is 0 Å². The first-order valence-corrected chi connectivity index (χ1v) is 10.8. The Morgan fingerprint density at radius 3 is 2.36 bits per heavy atom. The summed E-state index contributed by atoms with van der Waals surface area (Å²) in [5, 5.41) is 9.07. The van der Waals surface area contributed by atoms with Gasteiger partial charge in [-0.1, -0.05) is 6.92 Å². The van der Waals surface area contributed by atoms with Crippen molar-refractivity contribution in [2.45, 2.75) is 54.3 Å². The number of nitrogens with zero attached hydrogens (tertiary/aromatic N) is 6. The zero-order chi connectivity index (χ0) is 20.4. The van der Waals surface area contributed by atoms with Crippen molar-refractivity contribution in [1.29, 1.82) is 0 Å². The molecule has 3 rings (SSSR count). The molecule has 0 bridgehead atoms. The van der Waals surface area contributed by atoms with E-state index >= 15 is 0 Å². The quantitative estimate of drug-likeness (QED) is 0.678. The molecule has 0 spiro atoms. The maximum absolute atomic E-state index is 12.9. The van der Waals surface area contributed by atoms with Crippen LogP contribution in [-0.2, 0) is 24.4 Å². The molecule has 2 aromatic rings. The summed E-state index contributed by atoms with van der Waals surface area (Å²) < 4.78 is 4.96. The largest absolute Gasteiger partial charge is 0.340 e. The minimum atomic E-state index is -0.0820. The van der Waals surface area contributed by atoms with Crippen molar-refractivity contribution in [3.8, 4) is 0 Å². The van der Waals surface area contributed by atoms with E-state index in [4.69, 9.17) is 0 Å². The highest BCUT2D eigenvalue weighted by Gasteiger charge is 2.26. The van der Waals surface area contributed by atoms with Gasteiger partial charge in [-0.2, -0.15) is 10.2 Å². The number of aromatic nitrogens is 4. The highest BCUT2D eigenvalue weighted by molar-refractivity contribution is 9.10. The van der Waals surface area contributed by atoms with Crippen molar-refractivity contribution in [2.75, 3.05) is 26.2 Å². The fraction of sp³-hybridized carbons (Fsp3) is 0.650. The van der Waals surface area contributed by atoms with Crippen LogP contribution in [0.3, 0.4) is 0 Å². The first-order chi connectivity index (χ1) is 13.3. The molecule has 0 aliphatic carbocycles. The lowest BCUT2D eigenvalue weighted by Gasteiger charge is -2.36. The minimum Gasteiger partial charge on any atom is -0.340 e. The Balaban J connectivity index is 1.52. The lowest BCUT2D eigenvalue weighted by atomic mass is 10.1. The van der Waals surface area contributed by atoms with E-state index in [0.717, 1.165) is 60.8 Å². The third-order valence-corrected chi connectivity index (χ3v) is 6.76. The van der Waals surface area contributed by atoms with E-state index < -0.39 is 0 Å². The van der Waals surface area contributed by atoms with E-state index in [1.807, 2.05) is 35.0 Å². The molecule has 0 N–H and O–H groups in total. The topological polar surface area (TPSA) is 59.2 Å². The van der Waals surface area contributed by atoms with Crippen LogP contribution in [0.5, 0.6) is 0 Å². The van der Waals surface area contributed by atoms with Crippen LogP contribution >= 0.6 is 15.9 Å². The smallest absolute Gasteiger partial charge is 0.227 e. The molecule has 154 valence electrons. The van der Waals surface area contributed by atoms with Gasteiger partial charge in [-0.05, 0) is 43.6 Å². The summed E-state index contributed by atoms with van der Waals surface area (Å²) in [6.07, 6.45) is 2.14. The SMILES string of the molecule is CCn1cc(CN2CCN(C(=O)C(C)Cn3nc(C)c(Br)c3C)CC2)c(C)n1. The Morgan fingerprint density at radius 1 is 1.14 bits per heavy atom. The van der Waals surface area contributed by atoms with Gasteiger partial charge in [-0.3, -0.25) is 19.1 Å². The summed E-state index contributed by atoms with van der Waals surface area (Å²) in [4.78, 5) is 17.3. The summed E-state index contributed by atoms with van der Waals surface area (Å²) in [7, 11) is 0. The van der Waals surface area contributed by atoms with Gasteiger partial charge in [-0.15, -0.1) is 0 Å². The molecule has 0 aromatic carbocycles. The average Bonchev–Trinajstić information content (AvgIpc) is 3.16. The zero-order valence-corrected chi connectivity index (χ0v) is 19.2. The second-order valence-electron chi connectivity index (χ2n) is 7.76. The van der Waals surface area contributed by atoms with Gasteiger partial charge in [0.2, 0.25) is 5.91 Å². The number of carbonyl (C=O) groups is 1. The Morgan fingerprint density at radius 2 is 1.82 bits per heavy atom. The van der Waals surface area contributed by atoms with Crippen molar-refractivity contribution in [3.63, 3.8) is 0 Å². The van der Waals surface area contributed by atoms with E-state index in [-0.39, 0.29) is 11.8 Å². The Kier molecular flexibility index (Phi) is 6.60. The van der Waals surface area contributed by atoms with E-state index in [9.17, 15) is 4.79 Å². The van der Waals surface area contributed by atoms with Crippen molar-refractivity contribution < 1.29 is 4.79 Å². The third kappa shape index (κ3) is 4.49. The molecule has 1 aliphatic heterocycles. The normalized spacial score (nSPS) is 16.6. The minimum absolute atomic E-state index is 0.0820. The van der Waals surface area contributed by atoms with Crippen LogP contribution in [-0.4, -0.2) is 61.4 Å². The summed E-state index contributed by atoms with van der Waals surface area (Å²) >= 11 is 3.56. The standard InChI is InChI=1S/C20H31BrN6O/c1-6-26-13-18(15(3)22-26)12-24-7-9-25(10-8-24)20(28)14(2)11-27-17(5)19(21)16(4)23-27/h13-14H,6-12H2,1-5H3. The Labute approximate surface area is 175 Å². The molecule has 2 aromatic heterocycles. The number of carbonyl (C=O) groups excluding carboxylic acids is 1. The van der Waals surface area contributed by atoms with Crippen LogP contribution in [0.1, 0.15) is 36.5 Å². The predicted molar refractivity (Wildman–Crippen MR) is 113 cm³/mol. The molecular weight excluding hydrogens is 420 g/mol. The molecule has 3 heterocycles. The predicted octanol–water partition coefficient (Wildman–Crippen LogP) is 2.77. The van der Waals surface area contributed by atoms with Crippen LogP contribution in [0, 0.1) is 26.7 Å². The highest BCUT2D eigenvalue weighted by Crippen LogP contribution is 2.21. The summed E-state index contributed by atoms with van der Waals surface area (Å²) in [6.45, 7) is 16.0. The van der Waals surface area contributed by atoms with Crippen LogP contribution in [0.25, 0.3) is 0 Å². The zero-order valence-electron chi connectivity index (χ0n) is 17.6. The lowest BCUT2D eigenvalue weighted by Crippen LogP contribution is -2.50. The molecule has 1 fully saturated rings. The highest BCUT2D eigenvalue weighted by atomic mass is 79.9. The number of amides is 1. The molecule has 1 unspecified atom stereocenters. The number of halogens is 1. The fourth-order valence-corrected chi connectivity index (χ4v) is 4.03. The maximum Gasteiger partial charge on any atom is 0.227 e. The Bertz CT molecular complexity index is 834. The van der Waals surface area contributed by atoms with E-state index in [2.05, 4.69) is 51.1 Å². The molecule has 1 atom stereocenters. The van der Waals surface area contributed by atoms with Crippen LogP contribution in [0.15, 0.2) is 10.7 Å². The van der Waals surface area contributed by atoms with Crippen LogP contribution in [0.4, 0.5) is 0 Å². The average molecular weight is 451 g/mol. The van der Waals surface area contributed by atoms with Gasteiger partial charge in [0.05, 0.1) is 28.3 Å². The molecule has 1 amide bonds. The molecular formula is C20H31BrN6O. The lowest BCUT2D eigenvalue weighted by molar-refractivity contribution is -0.137. The first-order valence-electron chi connectivity index (χ1n) is 10.0. The number of hydrogen-bond acceptors (Lipinski definition) is 4. The van der Waals surface area contributed by atoms with Crippen molar-refractivity contribution >= 4 is 21.8 Å². The van der Waals surface area contributed by atoms with Gasteiger partial charge in [0.1, 0.15) is 0 Å². The van der Waals surface area contributed by atoms with Crippen molar-refractivity contribution in [3.05, 3.63) is 33.3 Å². The summed E-state index contributed by atoms with van der Waals surface area (Å²) in [5.74, 6) is 0.139. The number of piperazine rings is 1. The van der Waals surface area contributed by atoms with Crippen molar-refractivity contribution in [1.82, 2.24) is 29.4 Å². The first kappa shape index (κ1) is 21.0. The molecule has 0 radical (unpaired) electrons. The van der Waals surface area contributed by atoms with E-state index in [1.54, 1.807) is 0 Å². The second kappa shape index (κ2) is 8.78. The van der Waals surface area contributed by atoms with E-state index in [0.29, 0.717) is 6.54 Å².